The Kier molecular flexibility index (Phi) is 10.5. The Labute approximate surface area is 250 Å². The van der Waals surface area contributed by atoms with E-state index in [1.807, 2.05) is 41.1 Å². The summed E-state index contributed by atoms with van der Waals surface area (Å²) in [6.07, 6.45) is 8.02. The van der Waals surface area contributed by atoms with Crippen LogP contribution in [0.5, 0.6) is 11.5 Å². The van der Waals surface area contributed by atoms with Crippen LogP contribution in [0.3, 0.4) is 0 Å². The average molecular weight is 679 g/mol. The molecule has 40 heavy (non-hydrogen) atoms. The number of aromatic nitrogens is 2. The van der Waals surface area contributed by atoms with Crippen LogP contribution >= 0.6 is 22.6 Å². The first kappa shape index (κ1) is 30.3. The molecule has 2 aromatic heterocycles. The van der Waals surface area contributed by atoms with E-state index in [0.29, 0.717) is 18.2 Å². The van der Waals surface area contributed by atoms with Crippen molar-refractivity contribution in [1.82, 2.24) is 20.2 Å². The molecule has 1 fully saturated rings. The molecule has 0 saturated heterocycles. The lowest BCUT2D eigenvalue weighted by molar-refractivity contribution is -0.123. The van der Waals surface area contributed by atoms with Gasteiger partial charge in [0.05, 0.1) is 5.39 Å². The summed E-state index contributed by atoms with van der Waals surface area (Å²) in [5.74, 6) is 1.05. The number of ether oxygens (including phenoxy) is 2. The number of carbonyl (C=O) groups is 2. The number of rotatable bonds is 12. The third-order valence-corrected chi connectivity index (χ3v) is 9.58. The van der Waals surface area contributed by atoms with Gasteiger partial charge in [-0.3, -0.25) is 4.79 Å². The number of carboxylic acid groups (broad SMARTS) is 1. The summed E-state index contributed by atoms with van der Waals surface area (Å²) in [5.41, 5.74) is 1.64. The molecule has 1 aliphatic carbocycles. The maximum absolute atomic E-state index is 12.9. The van der Waals surface area contributed by atoms with Crippen LogP contribution in [-0.4, -0.2) is 53.4 Å². The van der Waals surface area contributed by atoms with E-state index in [4.69, 9.17) is 9.47 Å². The molecule has 1 aromatic carbocycles. The van der Waals surface area contributed by atoms with E-state index >= 15 is 0 Å². The monoisotopic (exact) mass is 678 g/mol. The van der Waals surface area contributed by atoms with Crippen LogP contribution < -0.4 is 15.4 Å². The molecule has 1 atom stereocenters. The highest BCUT2D eigenvalue weighted by Crippen LogP contribution is 2.33. The highest BCUT2D eigenvalue weighted by atomic mass is 127. The van der Waals surface area contributed by atoms with Gasteiger partial charge in [0.1, 0.15) is 29.9 Å². The van der Waals surface area contributed by atoms with Crippen LogP contribution in [0.15, 0.2) is 42.7 Å². The lowest BCUT2D eigenvalue weighted by Gasteiger charge is -2.25. The van der Waals surface area contributed by atoms with Gasteiger partial charge in [-0.2, -0.15) is 0 Å². The van der Waals surface area contributed by atoms with Gasteiger partial charge >= 0.3 is 6.09 Å². The van der Waals surface area contributed by atoms with Crippen LogP contribution in [0.1, 0.15) is 37.7 Å². The van der Waals surface area contributed by atoms with E-state index in [2.05, 4.69) is 57.8 Å². The van der Waals surface area contributed by atoms with Crippen LogP contribution in [0.4, 0.5) is 4.79 Å². The summed E-state index contributed by atoms with van der Waals surface area (Å²) < 4.78 is 15.2. The first-order valence-corrected chi connectivity index (χ1v) is 18.7. The molecule has 0 spiro atoms. The van der Waals surface area contributed by atoms with Crippen molar-refractivity contribution in [2.75, 3.05) is 6.61 Å². The molecule has 2 heterocycles. The molecular weight excluding hydrogens is 639 g/mol. The Morgan fingerprint density at radius 3 is 2.55 bits per heavy atom. The Balaban J connectivity index is 1.41. The number of amides is 2. The predicted molar refractivity (Wildman–Crippen MR) is 167 cm³/mol. The zero-order valence-electron chi connectivity index (χ0n) is 23.4. The third kappa shape index (κ3) is 8.68. The number of fused-ring (bicyclic) bond motifs is 1. The van der Waals surface area contributed by atoms with Crippen LogP contribution in [-0.2, 0) is 22.7 Å². The molecule has 0 aliphatic heterocycles. The highest BCUT2D eigenvalue weighted by Gasteiger charge is 2.24. The second-order valence-electron chi connectivity index (χ2n) is 11.6. The van der Waals surface area contributed by atoms with Crippen LogP contribution in [0.2, 0.25) is 25.7 Å². The number of pyridine rings is 1. The van der Waals surface area contributed by atoms with E-state index < -0.39 is 20.2 Å². The lowest BCUT2D eigenvalue weighted by atomic mass is 9.95. The largest absolute Gasteiger partial charge is 0.465 e. The molecule has 1 aliphatic rings. The molecule has 1 saturated carbocycles. The number of hydrogen-bond acceptors (Lipinski definition) is 5. The van der Waals surface area contributed by atoms with Crippen molar-refractivity contribution in [1.29, 1.82) is 0 Å². The van der Waals surface area contributed by atoms with Crippen LogP contribution in [0.25, 0.3) is 11.0 Å². The van der Waals surface area contributed by atoms with Gasteiger partial charge in [-0.1, -0.05) is 51.0 Å². The standard InChI is InChI=1S/C29H39IN4O5Si/c1-40(2,3)16-15-38-19-34-18-23(30)26-25(13-14-31-27(26)34)39-22-11-9-20(10-12-22)17-24(33-29(36)37)28(35)32-21-7-5-4-6-8-21/h9-14,18,21,24,33H,4-8,15-17,19H2,1-3H3,(H,32,35)(H,36,37). The van der Waals surface area contributed by atoms with Gasteiger partial charge in [-0.15, -0.1) is 0 Å². The Bertz CT molecular complexity index is 1300. The van der Waals surface area contributed by atoms with Crippen molar-refractivity contribution >= 4 is 53.7 Å². The fourth-order valence-corrected chi connectivity index (χ4v) is 6.43. The summed E-state index contributed by atoms with van der Waals surface area (Å²) in [7, 11) is -1.15. The van der Waals surface area contributed by atoms with Crippen LogP contribution in [0, 0.1) is 3.57 Å². The van der Waals surface area contributed by atoms with Gasteiger partial charge in [-0.05, 0) is 65.2 Å². The van der Waals surface area contributed by atoms with Crippen molar-refractivity contribution in [3.05, 3.63) is 51.9 Å². The number of hydrogen-bond donors (Lipinski definition) is 3. The van der Waals surface area contributed by atoms with E-state index in [9.17, 15) is 14.7 Å². The average Bonchev–Trinajstić information content (AvgIpc) is 3.23. The van der Waals surface area contributed by atoms with Gasteiger partial charge < -0.3 is 29.8 Å². The minimum atomic E-state index is -1.21. The number of halogens is 1. The first-order valence-electron chi connectivity index (χ1n) is 13.9. The zero-order chi connectivity index (χ0) is 28.7. The van der Waals surface area contributed by atoms with Crippen molar-refractivity contribution < 1.29 is 24.2 Å². The number of nitrogens with one attached hydrogen (secondary N) is 2. The SMILES string of the molecule is C[Si](C)(C)CCOCn1cc(I)c2c(Oc3ccc(CC(NC(=O)O)C(=O)NC4CCCCC4)cc3)ccnc21. The minimum absolute atomic E-state index is 0.113. The Hall–Kier alpha value is -2.64. The maximum atomic E-state index is 12.9. The molecule has 9 nitrogen and oxygen atoms in total. The molecule has 0 bridgehead atoms. The van der Waals surface area contributed by atoms with Crippen molar-refractivity contribution in [2.24, 2.45) is 0 Å². The number of carbonyl (C=O) groups excluding carboxylic acids is 1. The fraction of sp³-hybridized carbons (Fsp3) is 0.483. The molecule has 3 aromatic rings. The summed E-state index contributed by atoms with van der Waals surface area (Å²) in [5, 5.41) is 15.6. The van der Waals surface area contributed by atoms with Crippen molar-refractivity contribution in [3.63, 3.8) is 0 Å². The van der Waals surface area contributed by atoms with E-state index in [1.54, 1.807) is 6.20 Å². The minimum Gasteiger partial charge on any atom is -0.465 e. The summed E-state index contributed by atoms with van der Waals surface area (Å²) >= 11 is 2.29. The molecule has 11 heteroatoms. The van der Waals surface area contributed by atoms with Gasteiger partial charge in [-0.25, -0.2) is 9.78 Å². The molecule has 216 valence electrons. The Morgan fingerprint density at radius 2 is 1.88 bits per heavy atom. The normalized spacial score (nSPS) is 15.1. The topological polar surface area (TPSA) is 115 Å². The molecule has 0 radical (unpaired) electrons. The molecule has 3 N–H and O–H groups in total. The van der Waals surface area contributed by atoms with E-state index in [0.717, 1.165) is 58.5 Å². The Morgan fingerprint density at radius 1 is 1.15 bits per heavy atom. The van der Waals surface area contributed by atoms with Crippen molar-refractivity contribution in [2.45, 2.75) is 83.0 Å². The van der Waals surface area contributed by atoms with E-state index in [1.165, 1.54) is 6.42 Å². The lowest BCUT2D eigenvalue weighted by Crippen LogP contribution is -2.50. The van der Waals surface area contributed by atoms with Gasteiger partial charge in [0.2, 0.25) is 5.91 Å². The quantitative estimate of drug-likeness (QED) is 0.117. The molecule has 4 rings (SSSR count). The highest BCUT2D eigenvalue weighted by molar-refractivity contribution is 14.1. The summed E-state index contributed by atoms with van der Waals surface area (Å²) in [6.45, 7) is 8.18. The number of benzene rings is 1. The number of nitrogens with zero attached hydrogens (tertiary/aromatic N) is 2. The second-order valence-corrected chi connectivity index (χ2v) is 18.4. The second kappa shape index (κ2) is 13.8. The predicted octanol–water partition coefficient (Wildman–Crippen LogP) is 6.37. The molecule has 1 unspecified atom stereocenters. The zero-order valence-corrected chi connectivity index (χ0v) is 26.6. The van der Waals surface area contributed by atoms with E-state index in [-0.39, 0.29) is 18.4 Å². The van der Waals surface area contributed by atoms with Gasteiger partial charge in [0.25, 0.3) is 0 Å². The maximum Gasteiger partial charge on any atom is 0.405 e. The summed E-state index contributed by atoms with van der Waals surface area (Å²) in [4.78, 5) is 28.8. The first-order chi connectivity index (χ1) is 19.1. The van der Waals surface area contributed by atoms with Gasteiger partial charge in [0, 0.05) is 43.1 Å². The van der Waals surface area contributed by atoms with Crippen molar-refractivity contribution in [3.8, 4) is 11.5 Å². The fourth-order valence-electron chi connectivity index (χ4n) is 4.83. The smallest absolute Gasteiger partial charge is 0.405 e. The summed E-state index contributed by atoms with van der Waals surface area (Å²) in [6, 6.07) is 9.60. The molecule has 2 amide bonds. The molecular formula is C29H39IN4O5Si. The van der Waals surface area contributed by atoms with Gasteiger partial charge in [0.15, 0.2) is 0 Å². The third-order valence-electron chi connectivity index (χ3n) is 7.06.